The molecule has 2 aromatic rings. The van der Waals surface area contributed by atoms with E-state index < -0.39 is 0 Å². The van der Waals surface area contributed by atoms with E-state index in [-0.39, 0.29) is 10.7 Å². The van der Waals surface area contributed by atoms with Crippen LogP contribution in [0.4, 0.5) is 5.95 Å². The smallest absolute Gasteiger partial charge is 0.224 e. The van der Waals surface area contributed by atoms with Gasteiger partial charge >= 0.3 is 0 Å². The van der Waals surface area contributed by atoms with E-state index in [1.54, 1.807) is 32.4 Å². The normalized spacial score (nSPS) is 10.1. The van der Waals surface area contributed by atoms with Gasteiger partial charge in [0.05, 0.1) is 19.8 Å². The zero-order chi connectivity index (χ0) is 13.1. The molecule has 7 heteroatoms. The minimum atomic E-state index is 0.172. The van der Waals surface area contributed by atoms with Gasteiger partial charge in [0.25, 0.3) is 0 Å². The highest BCUT2D eigenvalue weighted by Crippen LogP contribution is 2.31. The highest BCUT2D eigenvalue weighted by molar-refractivity contribution is 7.71. The van der Waals surface area contributed by atoms with E-state index in [2.05, 4.69) is 15.0 Å². The molecule has 0 saturated carbocycles. The Morgan fingerprint density at radius 3 is 2.61 bits per heavy atom. The minimum Gasteiger partial charge on any atom is -0.497 e. The monoisotopic (exact) mass is 264 g/mol. The highest BCUT2D eigenvalue weighted by Gasteiger charge is 2.10. The zero-order valence-corrected chi connectivity index (χ0v) is 10.7. The van der Waals surface area contributed by atoms with Gasteiger partial charge in [-0.2, -0.15) is 4.98 Å². The predicted molar refractivity (Wildman–Crippen MR) is 70.2 cm³/mol. The lowest BCUT2D eigenvalue weighted by Gasteiger charge is -2.10. The van der Waals surface area contributed by atoms with E-state index >= 15 is 0 Å². The van der Waals surface area contributed by atoms with Crippen LogP contribution in [0.1, 0.15) is 0 Å². The third-order valence-electron chi connectivity index (χ3n) is 2.33. The van der Waals surface area contributed by atoms with Gasteiger partial charge in [-0.05, 0) is 30.4 Å². The van der Waals surface area contributed by atoms with Gasteiger partial charge < -0.3 is 20.2 Å². The highest BCUT2D eigenvalue weighted by atomic mass is 32.1. The van der Waals surface area contributed by atoms with Crippen LogP contribution in [0.2, 0.25) is 0 Å². The predicted octanol–water partition coefficient (Wildman–Crippen LogP) is 1.80. The third-order valence-corrected chi connectivity index (χ3v) is 2.51. The van der Waals surface area contributed by atoms with Crippen molar-refractivity contribution in [3.63, 3.8) is 0 Å². The van der Waals surface area contributed by atoms with Crippen LogP contribution in [0.5, 0.6) is 11.5 Å². The number of benzene rings is 1. The first-order chi connectivity index (χ1) is 8.63. The van der Waals surface area contributed by atoms with Crippen LogP contribution in [0.15, 0.2) is 18.2 Å². The maximum atomic E-state index is 5.61. The topological polar surface area (TPSA) is 86.1 Å². The molecule has 1 aromatic carbocycles. The Balaban J connectivity index is 2.64. The van der Waals surface area contributed by atoms with E-state index in [1.807, 2.05) is 0 Å². The van der Waals surface area contributed by atoms with Crippen molar-refractivity contribution in [3.05, 3.63) is 23.0 Å². The van der Waals surface area contributed by atoms with Crippen molar-refractivity contribution < 1.29 is 9.47 Å². The summed E-state index contributed by atoms with van der Waals surface area (Å²) in [6.07, 6.45) is 0. The van der Waals surface area contributed by atoms with Gasteiger partial charge in [-0.25, -0.2) is 4.98 Å². The van der Waals surface area contributed by atoms with Crippen molar-refractivity contribution in [2.24, 2.45) is 0 Å². The summed E-state index contributed by atoms with van der Waals surface area (Å²) < 4.78 is 10.6. The third kappa shape index (κ3) is 2.40. The molecule has 0 aliphatic heterocycles. The molecule has 0 radical (unpaired) electrons. The molecule has 1 aromatic heterocycles. The van der Waals surface area contributed by atoms with Gasteiger partial charge in [0.1, 0.15) is 17.3 Å². The molecule has 3 N–H and O–H groups in total. The first-order valence-corrected chi connectivity index (χ1v) is 5.51. The standard InChI is InChI=1S/C11H12N4O2S/c1-16-6-3-4-8(17-2)7(5-6)9-13-10(12)15-11(18)14-9/h3-5H,1-2H3,(H3,12,13,14,15,18). The molecule has 2 rings (SSSR count). The fourth-order valence-corrected chi connectivity index (χ4v) is 1.72. The van der Waals surface area contributed by atoms with Crippen LogP contribution in [0.25, 0.3) is 11.4 Å². The number of methoxy groups -OCH3 is 2. The number of aromatic amines is 1. The summed E-state index contributed by atoms with van der Waals surface area (Å²) in [5.74, 6) is 2.01. The number of anilines is 1. The van der Waals surface area contributed by atoms with Crippen molar-refractivity contribution in [2.45, 2.75) is 0 Å². The number of hydrogen-bond acceptors (Lipinski definition) is 6. The second-order valence-electron chi connectivity index (χ2n) is 3.43. The average Bonchev–Trinajstić information content (AvgIpc) is 2.36. The van der Waals surface area contributed by atoms with Crippen LogP contribution in [-0.2, 0) is 0 Å². The lowest BCUT2D eigenvalue weighted by atomic mass is 10.1. The SMILES string of the molecule is COc1ccc(OC)c(-c2nc(=S)nc(N)[nH]2)c1. The Kier molecular flexibility index (Phi) is 3.42. The maximum absolute atomic E-state index is 5.61. The number of hydrogen-bond donors (Lipinski definition) is 2. The largest absolute Gasteiger partial charge is 0.497 e. The van der Waals surface area contributed by atoms with Crippen molar-refractivity contribution in [2.75, 3.05) is 20.0 Å². The number of nitrogens with two attached hydrogens (primary N) is 1. The molecule has 18 heavy (non-hydrogen) atoms. The summed E-state index contributed by atoms with van der Waals surface area (Å²) in [5, 5.41) is 0. The van der Waals surface area contributed by atoms with Crippen molar-refractivity contribution in [1.82, 2.24) is 15.0 Å². The van der Waals surface area contributed by atoms with Crippen LogP contribution in [0.3, 0.4) is 0 Å². The van der Waals surface area contributed by atoms with Gasteiger partial charge in [-0.3, -0.25) is 0 Å². The second kappa shape index (κ2) is 5.01. The van der Waals surface area contributed by atoms with E-state index in [9.17, 15) is 0 Å². The lowest BCUT2D eigenvalue weighted by Crippen LogP contribution is -2.01. The molecule has 0 atom stereocenters. The molecule has 6 nitrogen and oxygen atoms in total. The fourth-order valence-electron chi connectivity index (χ4n) is 1.53. The second-order valence-corrected chi connectivity index (χ2v) is 3.80. The van der Waals surface area contributed by atoms with Crippen molar-refractivity contribution in [3.8, 4) is 22.9 Å². The van der Waals surface area contributed by atoms with E-state index in [0.717, 1.165) is 0 Å². The molecule has 0 fully saturated rings. The van der Waals surface area contributed by atoms with Crippen LogP contribution in [0, 0.1) is 4.77 Å². The molecule has 0 unspecified atom stereocenters. The molecule has 0 aliphatic carbocycles. The molecule has 0 amide bonds. The van der Waals surface area contributed by atoms with Crippen LogP contribution >= 0.6 is 12.2 Å². The van der Waals surface area contributed by atoms with E-state index in [4.69, 9.17) is 27.4 Å². The van der Waals surface area contributed by atoms with Crippen LogP contribution in [-0.4, -0.2) is 29.2 Å². The average molecular weight is 264 g/mol. The lowest BCUT2D eigenvalue weighted by molar-refractivity contribution is 0.404. The maximum Gasteiger partial charge on any atom is 0.224 e. The Morgan fingerprint density at radius 1 is 1.22 bits per heavy atom. The van der Waals surface area contributed by atoms with E-state index in [0.29, 0.717) is 22.9 Å². The molecule has 0 bridgehead atoms. The Labute approximate surface area is 109 Å². The first kappa shape index (κ1) is 12.3. The molecule has 0 saturated heterocycles. The molecule has 0 spiro atoms. The summed E-state index contributed by atoms with van der Waals surface area (Å²) in [4.78, 5) is 10.8. The number of nitrogens with one attached hydrogen (secondary N) is 1. The Hall–Kier alpha value is -2.15. The van der Waals surface area contributed by atoms with Crippen LogP contribution < -0.4 is 15.2 Å². The van der Waals surface area contributed by atoms with Crippen molar-refractivity contribution >= 4 is 18.2 Å². The fraction of sp³-hybridized carbons (Fsp3) is 0.182. The van der Waals surface area contributed by atoms with Gasteiger partial charge in [0.2, 0.25) is 10.7 Å². The molecular weight excluding hydrogens is 252 g/mol. The number of rotatable bonds is 3. The molecule has 0 aliphatic rings. The Morgan fingerprint density at radius 2 is 2.00 bits per heavy atom. The summed E-state index contributed by atoms with van der Waals surface area (Å²) in [5.41, 5.74) is 6.32. The van der Waals surface area contributed by atoms with Gasteiger partial charge in [0, 0.05) is 0 Å². The molecule has 1 heterocycles. The van der Waals surface area contributed by atoms with Gasteiger partial charge in [0.15, 0.2) is 0 Å². The zero-order valence-electron chi connectivity index (χ0n) is 9.93. The van der Waals surface area contributed by atoms with Gasteiger partial charge in [-0.15, -0.1) is 0 Å². The number of aromatic nitrogens is 3. The Bertz CT molecular complexity index is 627. The quantitative estimate of drug-likeness (QED) is 0.822. The summed E-state index contributed by atoms with van der Waals surface area (Å²) in [6, 6.07) is 5.36. The summed E-state index contributed by atoms with van der Waals surface area (Å²) >= 11 is 4.93. The summed E-state index contributed by atoms with van der Waals surface area (Å²) in [7, 11) is 3.16. The number of ether oxygens (including phenoxy) is 2. The van der Waals surface area contributed by atoms with E-state index in [1.165, 1.54) is 0 Å². The van der Waals surface area contributed by atoms with Crippen molar-refractivity contribution in [1.29, 1.82) is 0 Å². The van der Waals surface area contributed by atoms with Gasteiger partial charge in [-0.1, -0.05) is 0 Å². The molecule has 94 valence electrons. The molecular formula is C11H12N4O2S. The minimum absolute atomic E-state index is 0.172. The first-order valence-electron chi connectivity index (χ1n) is 5.10. The summed E-state index contributed by atoms with van der Waals surface area (Å²) in [6.45, 7) is 0. The number of H-pyrrole nitrogens is 1. The number of nitrogens with zero attached hydrogens (tertiary/aromatic N) is 2. The number of nitrogen functional groups attached to an aromatic ring is 1.